The molecule has 1 atom stereocenters. The Bertz CT molecular complexity index is 473. The van der Waals surface area contributed by atoms with Gasteiger partial charge in [0.15, 0.2) is 11.6 Å². The van der Waals surface area contributed by atoms with Crippen molar-refractivity contribution in [2.75, 3.05) is 11.9 Å². The average molecular weight is 286 g/mol. The van der Waals surface area contributed by atoms with E-state index in [0.29, 0.717) is 12.2 Å². The summed E-state index contributed by atoms with van der Waals surface area (Å²) < 4.78 is 30.9. The van der Waals surface area contributed by atoms with Gasteiger partial charge in [-0.1, -0.05) is 0 Å². The molecular formula is C14H20F2N2O2. The zero-order chi connectivity index (χ0) is 15.3. The van der Waals surface area contributed by atoms with Crippen LogP contribution in [0.3, 0.4) is 0 Å². The first kappa shape index (κ1) is 16.2. The highest BCUT2D eigenvalue weighted by Crippen LogP contribution is 2.14. The summed E-state index contributed by atoms with van der Waals surface area (Å²) >= 11 is 0. The molecule has 112 valence electrons. The Morgan fingerprint density at radius 3 is 2.50 bits per heavy atom. The van der Waals surface area contributed by atoms with Crippen molar-refractivity contribution in [1.29, 1.82) is 0 Å². The van der Waals surface area contributed by atoms with Crippen molar-refractivity contribution in [3.8, 4) is 0 Å². The maximum atomic E-state index is 13.0. The van der Waals surface area contributed by atoms with E-state index in [0.717, 1.165) is 12.1 Å². The molecule has 1 amide bonds. The van der Waals surface area contributed by atoms with Gasteiger partial charge in [0, 0.05) is 24.3 Å². The van der Waals surface area contributed by atoms with Gasteiger partial charge in [-0.2, -0.15) is 0 Å². The summed E-state index contributed by atoms with van der Waals surface area (Å²) in [6.45, 7) is 7.42. The number of benzene rings is 1. The molecule has 0 saturated heterocycles. The number of carbonyl (C=O) groups excluding carboxylic acids is 1. The van der Waals surface area contributed by atoms with Gasteiger partial charge in [-0.3, -0.25) is 0 Å². The van der Waals surface area contributed by atoms with Crippen LogP contribution in [0.2, 0.25) is 0 Å². The summed E-state index contributed by atoms with van der Waals surface area (Å²) in [6, 6.07) is 3.39. The highest BCUT2D eigenvalue weighted by Gasteiger charge is 2.16. The van der Waals surface area contributed by atoms with Crippen LogP contribution in [0.5, 0.6) is 0 Å². The predicted octanol–water partition coefficient (Wildman–Crippen LogP) is 3.29. The third-order valence-electron chi connectivity index (χ3n) is 2.28. The lowest BCUT2D eigenvalue weighted by Gasteiger charge is -2.21. The first-order chi connectivity index (χ1) is 9.17. The van der Waals surface area contributed by atoms with Gasteiger partial charge in [-0.05, 0) is 39.8 Å². The van der Waals surface area contributed by atoms with Crippen LogP contribution in [0.4, 0.5) is 19.3 Å². The van der Waals surface area contributed by atoms with E-state index < -0.39 is 23.3 Å². The molecule has 0 fully saturated rings. The molecule has 0 bridgehead atoms. The maximum absolute atomic E-state index is 13.0. The first-order valence-corrected chi connectivity index (χ1v) is 6.36. The van der Waals surface area contributed by atoms with E-state index in [4.69, 9.17) is 4.74 Å². The van der Waals surface area contributed by atoms with Crippen LogP contribution < -0.4 is 10.6 Å². The monoisotopic (exact) mass is 286 g/mol. The van der Waals surface area contributed by atoms with Crippen molar-refractivity contribution in [1.82, 2.24) is 5.32 Å². The Morgan fingerprint density at radius 2 is 1.95 bits per heavy atom. The Labute approximate surface area is 117 Å². The first-order valence-electron chi connectivity index (χ1n) is 6.36. The fourth-order valence-corrected chi connectivity index (χ4v) is 1.47. The second-order valence-electron chi connectivity index (χ2n) is 5.56. The lowest BCUT2D eigenvalue weighted by atomic mass is 10.2. The van der Waals surface area contributed by atoms with Crippen LogP contribution in [-0.4, -0.2) is 24.3 Å². The van der Waals surface area contributed by atoms with E-state index in [2.05, 4.69) is 10.6 Å². The van der Waals surface area contributed by atoms with Crippen molar-refractivity contribution in [2.24, 2.45) is 0 Å². The smallest absolute Gasteiger partial charge is 0.407 e. The number of anilines is 1. The zero-order valence-electron chi connectivity index (χ0n) is 12.1. The second kappa shape index (κ2) is 6.54. The number of nitrogens with one attached hydrogen (secondary N) is 2. The molecule has 0 saturated carbocycles. The van der Waals surface area contributed by atoms with E-state index in [1.165, 1.54) is 6.07 Å². The molecule has 0 aliphatic carbocycles. The van der Waals surface area contributed by atoms with Gasteiger partial charge in [-0.25, -0.2) is 13.6 Å². The van der Waals surface area contributed by atoms with E-state index in [-0.39, 0.29) is 6.04 Å². The van der Waals surface area contributed by atoms with E-state index in [9.17, 15) is 13.6 Å². The summed E-state index contributed by atoms with van der Waals surface area (Å²) in [4.78, 5) is 11.4. The van der Waals surface area contributed by atoms with E-state index in [1.54, 1.807) is 27.7 Å². The largest absolute Gasteiger partial charge is 0.444 e. The number of hydrogen-bond acceptors (Lipinski definition) is 3. The van der Waals surface area contributed by atoms with Gasteiger partial charge < -0.3 is 15.4 Å². The van der Waals surface area contributed by atoms with Crippen LogP contribution in [0.15, 0.2) is 18.2 Å². The van der Waals surface area contributed by atoms with Gasteiger partial charge in [0.05, 0.1) is 0 Å². The third kappa shape index (κ3) is 5.86. The van der Waals surface area contributed by atoms with Gasteiger partial charge in [0.2, 0.25) is 0 Å². The molecule has 0 spiro atoms. The number of rotatable bonds is 4. The van der Waals surface area contributed by atoms with Crippen LogP contribution >= 0.6 is 0 Å². The van der Waals surface area contributed by atoms with E-state index in [1.807, 2.05) is 0 Å². The van der Waals surface area contributed by atoms with Gasteiger partial charge >= 0.3 is 6.09 Å². The Hall–Kier alpha value is -1.85. The van der Waals surface area contributed by atoms with Crippen molar-refractivity contribution >= 4 is 11.8 Å². The van der Waals surface area contributed by atoms with Gasteiger partial charge in [0.1, 0.15) is 5.60 Å². The summed E-state index contributed by atoms with van der Waals surface area (Å²) in [5, 5.41) is 5.54. The molecule has 1 unspecified atom stereocenters. The second-order valence-corrected chi connectivity index (χ2v) is 5.56. The Balaban J connectivity index is 2.42. The summed E-state index contributed by atoms with van der Waals surface area (Å²) in [6.07, 6.45) is -0.517. The van der Waals surface area contributed by atoms with Crippen LogP contribution in [-0.2, 0) is 4.74 Å². The third-order valence-corrected chi connectivity index (χ3v) is 2.28. The topological polar surface area (TPSA) is 50.4 Å². The minimum atomic E-state index is -0.915. The molecule has 0 radical (unpaired) electrons. The molecule has 6 heteroatoms. The zero-order valence-corrected chi connectivity index (χ0v) is 12.1. The summed E-state index contributed by atoms with van der Waals surface area (Å²) in [5.41, 5.74) is -0.108. The lowest BCUT2D eigenvalue weighted by molar-refractivity contribution is 0.0526. The number of ether oxygens (including phenoxy) is 1. The van der Waals surface area contributed by atoms with E-state index >= 15 is 0 Å². The fraction of sp³-hybridized carbons (Fsp3) is 0.500. The Morgan fingerprint density at radius 1 is 1.30 bits per heavy atom. The maximum Gasteiger partial charge on any atom is 0.407 e. The highest BCUT2D eigenvalue weighted by molar-refractivity contribution is 5.67. The molecule has 0 aliphatic heterocycles. The van der Waals surface area contributed by atoms with Crippen LogP contribution in [0, 0.1) is 11.6 Å². The number of alkyl carbamates (subject to hydrolysis) is 1. The van der Waals surface area contributed by atoms with Crippen molar-refractivity contribution < 1.29 is 18.3 Å². The predicted molar refractivity (Wildman–Crippen MR) is 73.7 cm³/mol. The highest BCUT2D eigenvalue weighted by atomic mass is 19.2. The minimum absolute atomic E-state index is 0.160. The molecule has 0 aromatic heterocycles. The lowest BCUT2D eigenvalue weighted by Crippen LogP contribution is -2.38. The summed E-state index contributed by atoms with van der Waals surface area (Å²) in [5.74, 6) is -1.81. The normalized spacial score (nSPS) is 12.7. The number of amides is 1. The van der Waals surface area contributed by atoms with Crippen molar-refractivity contribution in [2.45, 2.75) is 39.3 Å². The van der Waals surface area contributed by atoms with Crippen molar-refractivity contribution in [3.05, 3.63) is 29.8 Å². The quantitative estimate of drug-likeness (QED) is 0.893. The minimum Gasteiger partial charge on any atom is -0.444 e. The molecule has 1 aromatic carbocycles. The molecule has 0 aliphatic rings. The van der Waals surface area contributed by atoms with Gasteiger partial charge in [-0.15, -0.1) is 0 Å². The SMILES string of the molecule is CC(CNC(=O)OC(C)(C)C)Nc1ccc(F)c(F)c1. The molecule has 4 nitrogen and oxygen atoms in total. The molecule has 20 heavy (non-hydrogen) atoms. The fourth-order valence-electron chi connectivity index (χ4n) is 1.47. The average Bonchev–Trinajstić information content (AvgIpc) is 2.29. The van der Waals surface area contributed by atoms with Crippen LogP contribution in [0.25, 0.3) is 0 Å². The molecule has 1 aromatic rings. The van der Waals surface area contributed by atoms with Crippen LogP contribution in [0.1, 0.15) is 27.7 Å². The van der Waals surface area contributed by atoms with Gasteiger partial charge in [0.25, 0.3) is 0 Å². The molecule has 1 rings (SSSR count). The molecule has 0 heterocycles. The van der Waals surface area contributed by atoms with Crippen molar-refractivity contribution in [3.63, 3.8) is 0 Å². The standard InChI is InChI=1S/C14H20F2N2O2/c1-9(8-17-13(19)20-14(2,3)4)18-10-5-6-11(15)12(16)7-10/h5-7,9,18H,8H2,1-4H3,(H,17,19). The number of carbonyl (C=O) groups is 1. The Kier molecular flexibility index (Phi) is 5.30. The summed E-state index contributed by atoms with van der Waals surface area (Å²) in [7, 11) is 0. The number of halogens is 2. The number of hydrogen-bond donors (Lipinski definition) is 2. The molecule has 2 N–H and O–H groups in total. The molecular weight excluding hydrogens is 266 g/mol.